The highest BCUT2D eigenvalue weighted by Crippen LogP contribution is 2.22. The van der Waals surface area contributed by atoms with E-state index in [0.717, 1.165) is 12.5 Å². The third kappa shape index (κ3) is 3.44. The van der Waals surface area contributed by atoms with Crippen molar-refractivity contribution in [2.75, 3.05) is 33.3 Å². The average Bonchev–Trinajstić information content (AvgIpc) is 2.68. The van der Waals surface area contributed by atoms with E-state index >= 15 is 0 Å². The second-order valence-electron chi connectivity index (χ2n) is 5.55. The summed E-state index contributed by atoms with van der Waals surface area (Å²) in [4.78, 5) is 2.60. The van der Waals surface area contributed by atoms with Gasteiger partial charge in [-0.05, 0) is 51.2 Å². The van der Waals surface area contributed by atoms with Gasteiger partial charge in [-0.1, -0.05) is 6.92 Å². The number of rotatable bonds is 6. The molecule has 94 valence electrons. The summed E-state index contributed by atoms with van der Waals surface area (Å²) in [6, 6.07) is 0.714. The molecule has 0 aromatic rings. The summed E-state index contributed by atoms with van der Waals surface area (Å²) < 4.78 is 5.28. The van der Waals surface area contributed by atoms with Gasteiger partial charge < -0.3 is 15.0 Å². The third-order valence-electron chi connectivity index (χ3n) is 3.95. The molecule has 16 heavy (non-hydrogen) atoms. The van der Waals surface area contributed by atoms with Gasteiger partial charge in [0, 0.05) is 19.7 Å². The van der Waals surface area contributed by atoms with E-state index in [-0.39, 0.29) is 0 Å². The van der Waals surface area contributed by atoms with Gasteiger partial charge in [-0.2, -0.15) is 0 Å². The summed E-state index contributed by atoms with van der Waals surface area (Å²) in [5.41, 5.74) is 0. The van der Waals surface area contributed by atoms with Crippen LogP contribution in [-0.4, -0.2) is 50.3 Å². The summed E-state index contributed by atoms with van der Waals surface area (Å²) in [6.45, 7) is 7.43. The average molecular weight is 226 g/mol. The smallest absolute Gasteiger partial charge is 0.0601 e. The maximum absolute atomic E-state index is 5.28. The number of nitrogens with one attached hydrogen (secondary N) is 1. The van der Waals surface area contributed by atoms with E-state index in [9.17, 15) is 0 Å². The fraction of sp³-hybridized carbons (Fsp3) is 1.00. The topological polar surface area (TPSA) is 24.5 Å². The molecule has 2 fully saturated rings. The van der Waals surface area contributed by atoms with E-state index in [0.29, 0.717) is 12.1 Å². The van der Waals surface area contributed by atoms with Crippen LogP contribution in [0.4, 0.5) is 0 Å². The van der Waals surface area contributed by atoms with Crippen molar-refractivity contribution < 1.29 is 4.74 Å². The SMILES string of the molecule is COC1CC(NCC(C)CN2CCCC2)C1. The van der Waals surface area contributed by atoms with Crippen molar-refractivity contribution in [1.82, 2.24) is 10.2 Å². The zero-order valence-electron chi connectivity index (χ0n) is 10.7. The number of hydrogen-bond donors (Lipinski definition) is 1. The van der Waals surface area contributed by atoms with E-state index in [1.807, 2.05) is 7.11 Å². The van der Waals surface area contributed by atoms with Crippen LogP contribution >= 0.6 is 0 Å². The molecule has 1 aliphatic carbocycles. The second-order valence-corrected chi connectivity index (χ2v) is 5.55. The highest BCUT2D eigenvalue weighted by atomic mass is 16.5. The van der Waals surface area contributed by atoms with Gasteiger partial charge >= 0.3 is 0 Å². The van der Waals surface area contributed by atoms with Crippen LogP contribution in [0.1, 0.15) is 32.6 Å². The van der Waals surface area contributed by atoms with Gasteiger partial charge in [0.05, 0.1) is 6.10 Å². The lowest BCUT2D eigenvalue weighted by Gasteiger charge is -2.35. The fourth-order valence-corrected chi connectivity index (χ4v) is 2.76. The predicted molar refractivity (Wildman–Crippen MR) is 66.7 cm³/mol. The Hall–Kier alpha value is -0.120. The maximum atomic E-state index is 5.28. The highest BCUT2D eigenvalue weighted by molar-refractivity contribution is 4.86. The van der Waals surface area contributed by atoms with Crippen LogP contribution < -0.4 is 5.32 Å². The lowest BCUT2D eigenvalue weighted by Crippen LogP contribution is -2.47. The molecule has 0 aromatic carbocycles. The van der Waals surface area contributed by atoms with Crippen LogP contribution in [-0.2, 0) is 4.74 Å². The third-order valence-corrected chi connectivity index (χ3v) is 3.95. The highest BCUT2D eigenvalue weighted by Gasteiger charge is 2.28. The summed E-state index contributed by atoms with van der Waals surface area (Å²) >= 11 is 0. The molecular weight excluding hydrogens is 200 g/mol. The summed E-state index contributed by atoms with van der Waals surface area (Å²) in [5.74, 6) is 0.777. The van der Waals surface area contributed by atoms with Gasteiger partial charge in [-0.3, -0.25) is 0 Å². The van der Waals surface area contributed by atoms with Gasteiger partial charge in [0.2, 0.25) is 0 Å². The largest absolute Gasteiger partial charge is 0.381 e. The molecule has 0 spiro atoms. The minimum atomic E-state index is 0.520. The van der Waals surface area contributed by atoms with Crippen molar-refractivity contribution in [3.63, 3.8) is 0 Å². The van der Waals surface area contributed by atoms with Crippen molar-refractivity contribution in [1.29, 1.82) is 0 Å². The molecular formula is C13H26N2O. The Balaban J connectivity index is 1.52. The van der Waals surface area contributed by atoms with Gasteiger partial charge in [0.15, 0.2) is 0 Å². The maximum Gasteiger partial charge on any atom is 0.0601 e. The molecule has 1 aliphatic heterocycles. The molecule has 0 bridgehead atoms. The van der Waals surface area contributed by atoms with Crippen LogP contribution in [0.5, 0.6) is 0 Å². The molecule has 3 nitrogen and oxygen atoms in total. The molecule has 1 heterocycles. The number of ether oxygens (including phenoxy) is 1. The van der Waals surface area contributed by atoms with E-state index in [1.165, 1.54) is 45.3 Å². The van der Waals surface area contributed by atoms with Gasteiger partial charge in [0.25, 0.3) is 0 Å². The quantitative estimate of drug-likeness (QED) is 0.742. The van der Waals surface area contributed by atoms with Crippen molar-refractivity contribution >= 4 is 0 Å². The van der Waals surface area contributed by atoms with Crippen LogP contribution in [0.15, 0.2) is 0 Å². The molecule has 1 unspecified atom stereocenters. The monoisotopic (exact) mass is 226 g/mol. The standard InChI is InChI=1S/C13H26N2O/c1-11(10-15-5-3-4-6-15)9-14-12-7-13(8-12)16-2/h11-14H,3-10H2,1-2H3. The summed E-state index contributed by atoms with van der Waals surface area (Å²) in [5, 5.41) is 3.65. The molecule has 1 N–H and O–H groups in total. The van der Waals surface area contributed by atoms with Crippen LogP contribution in [0.25, 0.3) is 0 Å². The minimum absolute atomic E-state index is 0.520. The van der Waals surface area contributed by atoms with Crippen molar-refractivity contribution in [3.05, 3.63) is 0 Å². The molecule has 2 aliphatic rings. The first-order valence-corrected chi connectivity index (χ1v) is 6.76. The predicted octanol–water partition coefficient (Wildman–Crippen LogP) is 1.49. The Morgan fingerprint density at radius 3 is 2.62 bits per heavy atom. The Morgan fingerprint density at radius 1 is 1.31 bits per heavy atom. The van der Waals surface area contributed by atoms with Crippen molar-refractivity contribution in [3.8, 4) is 0 Å². The van der Waals surface area contributed by atoms with Crippen molar-refractivity contribution in [2.24, 2.45) is 5.92 Å². The number of likely N-dealkylation sites (tertiary alicyclic amines) is 1. The molecule has 2 rings (SSSR count). The van der Waals surface area contributed by atoms with Crippen LogP contribution in [0.2, 0.25) is 0 Å². The molecule has 0 amide bonds. The van der Waals surface area contributed by atoms with E-state index < -0.39 is 0 Å². The molecule has 1 saturated heterocycles. The Labute approximate surface area is 99.5 Å². The number of hydrogen-bond acceptors (Lipinski definition) is 3. The minimum Gasteiger partial charge on any atom is -0.381 e. The molecule has 3 heteroatoms. The normalized spacial score (nSPS) is 32.6. The van der Waals surface area contributed by atoms with Gasteiger partial charge in [-0.15, -0.1) is 0 Å². The second kappa shape index (κ2) is 5.99. The summed E-state index contributed by atoms with van der Waals surface area (Å²) in [7, 11) is 1.82. The first-order valence-electron chi connectivity index (χ1n) is 6.76. The Kier molecular flexibility index (Phi) is 4.62. The van der Waals surface area contributed by atoms with E-state index in [1.54, 1.807) is 0 Å². The molecule has 0 radical (unpaired) electrons. The zero-order chi connectivity index (χ0) is 11.4. The number of methoxy groups -OCH3 is 1. The fourth-order valence-electron chi connectivity index (χ4n) is 2.76. The molecule has 1 atom stereocenters. The zero-order valence-corrected chi connectivity index (χ0v) is 10.7. The summed E-state index contributed by atoms with van der Waals surface area (Å²) in [6.07, 6.45) is 5.72. The lowest BCUT2D eigenvalue weighted by atomic mass is 9.89. The Bertz CT molecular complexity index is 198. The van der Waals surface area contributed by atoms with E-state index in [4.69, 9.17) is 4.74 Å². The molecule has 1 saturated carbocycles. The van der Waals surface area contributed by atoms with E-state index in [2.05, 4.69) is 17.1 Å². The van der Waals surface area contributed by atoms with Gasteiger partial charge in [0.1, 0.15) is 0 Å². The van der Waals surface area contributed by atoms with Crippen LogP contribution in [0, 0.1) is 5.92 Å². The van der Waals surface area contributed by atoms with Gasteiger partial charge in [-0.25, -0.2) is 0 Å². The first kappa shape index (κ1) is 12.3. The first-order chi connectivity index (χ1) is 7.78. The van der Waals surface area contributed by atoms with Crippen molar-refractivity contribution in [2.45, 2.75) is 44.8 Å². The number of nitrogens with zero attached hydrogens (tertiary/aromatic N) is 1. The molecule has 0 aromatic heterocycles. The lowest BCUT2D eigenvalue weighted by molar-refractivity contribution is 0.0163. The Morgan fingerprint density at radius 2 is 2.00 bits per heavy atom. The van der Waals surface area contributed by atoms with Crippen LogP contribution in [0.3, 0.4) is 0 Å².